The van der Waals surface area contributed by atoms with Gasteiger partial charge in [-0.15, -0.1) is 0 Å². The number of carbonyl (C=O) groups excluding carboxylic acids is 1. The minimum Gasteiger partial charge on any atom is -0.401 e. The van der Waals surface area contributed by atoms with Crippen molar-refractivity contribution >= 4 is 46.2 Å². The summed E-state index contributed by atoms with van der Waals surface area (Å²) < 4.78 is 5.49. The van der Waals surface area contributed by atoms with Crippen LogP contribution in [0.5, 0.6) is 0 Å². The largest absolute Gasteiger partial charge is 0.433 e. The highest BCUT2D eigenvalue weighted by atomic mass is 32.2. The van der Waals surface area contributed by atoms with Crippen LogP contribution in [0.1, 0.15) is 12.7 Å². The Morgan fingerprint density at radius 1 is 1.55 bits per heavy atom. The Bertz CT molecular complexity index is 633. The number of amides is 1. The molecule has 0 saturated carbocycles. The third-order valence-corrected chi connectivity index (χ3v) is 3.89. The molecule has 104 valence electrons. The van der Waals surface area contributed by atoms with Crippen LogP contribution in [0.15, 0.2) is 33.6 Å². The van der Waals surface area contributed by atoms with Gasteiger partial charge in [0.2, 0.25) is 0 Å². The maximum Gasteiger partial charge on any atom is 0.433 e. The Morgan fingerprint density at radius 3 is 2.85 bits per heavy atom. The van der Waals surface area contributed by atoms with Crippen LogP contribution < -0.4 is 0 Å². The van der Waals surface area contributed by atoms with E-state index in [4.69, 9.17) is 16.6 Å². The molecule has 2 heterocycles. The van der Waals surface area contributed by atoms with E-state index < -0.39 is 4.92 Å². The molecule has 1 saturated heterocycles. The highest BCUT2D eigenvalue weighted by Gasteiger charge is 2.29. The first kappa shape index (κ1) is 14.5. The quantitative estimate of drug-likeness (QED) is 0.368. The molecular formula is C12H10N2O4S2. The summed E-state index contributed by atoms with van der Waals surface area (Å²) in [5.74, 6) is -0.0987. The van der Waals surface area contributed by atoms with Crippen LogP contribution in [0.25, 0.3) is 6.08 Å². The lowest BCUT2D eigenvalue weighted by atomic mass is 10.3. The first-order chi connectivity index (χ1) is 9.52. The van der Waals surface area contributed by atoms with Gasteiger partial charge in [0.05, 0.1) is 11.0 Å². The van der Waals surface area contributed by atoms with Gasteiger partial charge in [0.25, 0.3) is 5.91 Å². The van der Waals surface area contributed by atoms with Crippen molar-refractivity contribution in [2.75, 3.05) is 6.54 Å². The highest BCUT2D eigenvalue weighted by Crippen LogP contribution is 2.30. The lowest BCUT2D eigenvalue weighted by molar-refractivity contribution is -0.402. The molecule has 1 amide bonds. The Balaban J connectivity index is 2.09. The molecule has 0 aromatic carbocycles. The Morgan fingerprint density at radius 2 is 2.30 bits per heavy atom. The molecule has 1 aliphatic heterocycles. The lowest BCUT2D eigenvalue weighted by Gasteiger charge is -2.09. The Hall–Kier alpha value is -1.93. The molecule has 0 unspecified atom stereocenters. The van der Waals surface area contributed by atoms with Crippen molar-refractivity contribution in [1.82, 2.24) is 4.90 Å². The third-order valence-electron chi connectivity index (χ3n) is 2.49. The lowest BCUT2D eigenvalue weighted by Crippen LogP contribution is -2.27. The van der Waals surface area contributed by atoms with Gasteiger partial charge in [-0.2, -0.15) is 0 Å². The molecule has 0 atom stereocenters. The number of allylic oxidation sites excluding steroid dienone is 2. The molecule has 6 nitrogen and oxygen atoms in total. The van der Waals surface area contributed by atoms with E-state index in [1.165, 1.54) is 28.8 Å². The van der Waals surface area contributed by atoms with Crippen LogP contribution in [0, 0.1) is 10.1 Å². The number of thioether (sulfide) groups is 1. The van der Waals surface area contributed by atoms with Crippen molar-refractivity contribution in [3.8, 4) is 0 Å². The van der Waals surface area contributed by atoms with Crippen LogP contribution in [0.3, 0.4) is 0 Å². The van der Waals surface area contributed by atoms with Gasteiger partial charge in [0.1, 0.15) is 15.0 Å². The average molecular weight is 310 g/mol. The van der Waals surface area contributed by atoms with Crippen molar-refractivity contribution in [1.29, 1.82) is 0 Å². The monoisotopic (exact) mass is 310 g/mol. The van der Waals surface area contributed by atoms with Crippen LogP contribution in [0.4, 0.5) is 5.88 Å². The first-order valence-electron chi connectivity index (χ1n) is 5.69. The van der Waals surface area contributed by atoms with E-state index in [9.17, 15) is 14.9 Å². The minimum absolute atomic E-state index is 0.127. The molecule has 1 fully saturated rings. The molecule has 8 heteroatoms. The summed E-state index contributed by atoms with van der Waals surface area (Å²) in [6.45, 7) is 2.39. The smallest absolute Gasteiger partial charge is 0.401 e. The fourth-order valence-corrected chi connectivity index (χ4v) is 2.88. The second-order valence-corrected chi connectivity index (χ2v) is 5.42. The molecule has 0 radical (unpaired) electrons. The van der Waals surface area contributed by atoms with Crippen molar-refractivity contribution in [3.05, 3.63) is 45.1 Å². The molecular weight excluding hydrogens is 300 g/mol. The zero-order chi connectivity index (χ0) is 14.7. The van der Waals surface area contributed by atoms with E-state index in [-0.39, 0.29) is 11.8 Å². The number of nitro groups is 1. The number of nitrogens with zero attached hydrogens (tertiary/aromatic N) is 2. The fraction of sp³-hybridized carbons (Fsp3) is 0.167. The van der Waals surface area contributed by atoms with E-state index in [2.05, 4.69) is 0 Å². The average Bonchev–Trinajstić information content (AvgIpc) is 2.96. The van der Waals surface area contributed by atoms with Gasteiger partial charge in [-0.05, 0) is 25.1 Å². The van der Waals surface area contributed by atoms with Crippen molar-refractivity contribution in [2.24, 2.45) is 0 Å². The summed E-state index contributed by atoms with van der Waals surface area (Å²) in [4.78, 5) is 23.8. The zero-order valence-corrected chi connectivity index (χ0v) is 12.1. The second-order valence-electron chi connectivity index (χ2n) is 3.74. The van der Waals surface area contributed by atoms with E-state index >= 15 is 0 Å². The van der Waals surface area contributed by atoms with Crippen molar-refractivity contribution < 1.29 is 14.1 Å². The molecule has 0 N–H and O–H groups in total. The number of carbonyl (C=O) groups is 1. The maximum atomic E-state index is 11.9. The van der Waals surface area contributed by atoms with Crippen LogP contribution in [-0.4, -0.2) is 26.6 Å². The first-order valence-corrected chi connectivity index (χ1v) is 6.91. The molecule has 1 aromatic rings. The van der Waals surface area contributed by atoms with Gasteiger partial charge in [-0.1, -0.05) is 30.1 Å². The molecule has 20 heavy (non-hydrogen) atoms. The number of hydrogen-bond acceptors (Lipinski definition) is 6. The number of thiocarbonyl (C=S) groups is 1. The van der Waals surface area contributed by atoms with Gasteiger partial charge in [-0.3, -0.25) is 19.8 Å². The van der Waals surface area contributed by atoms with Crippen LogP contribution in [-0.2, 0) is 4.79 Å². The highest BCUT2D eigenvalue weighted by molar-refractivity contribution is 8.26. The number of hydrogen-bond donors (Lipinski definition) is 0. The van der Waals surface area contributed by atoms with E-state index in [0.717, 1.165) is 0 Å². The van der Waals surface area contributed by atoms with Gasteiger partial charge < -0.3 is 4.42 Å². The summed E-state index contributed by atoms with van der Waals surface area (Å²) in [5, 5.41) is 10.5. The SMILES string of the molecule is CCN1C(=O)C(=CC=Cc2ccc([N+](=O)[O-])o2)SC1=S. The van der Waals surface area contributed by atoms with E-state index in [1.54, 1.807) is 18.2 Å². The molecule has 0 bridgehead atoms. The maximum absolute atomic E-state index is 11.9. The Labute approximate surface area is 124 Å². The molecule has 0 spiro atoms. The molecule has 2 rings (SSSR count). The summed E-state index contributed by atoms with van der Waals surface area (Å²) in [5.41, 5.74) is 0. The standard InChI is InChI=1S/C12H10N2O4S2/c1-2-13-11(15)9(20-12(13)19)5-3-4-8-6-7-10(18-8)14(16)17/h3-7H,2H2,1H3. The van der Waals surface area contributed by atoms with Crippen molar-refractivity contribution in [3.63, 3.8) is 0 Å². The van der Waals surface area contributed by atoms with Gasteiger partial charge in [0.15, 0.2) is 0 Å². The predicted molar refractivity (Wildman–Crippen MR) is 80.1 cm³/mol. The molecule has 0 aliphatic carbocycles. The minimum atomic E-state index is -0.607. The predicted octanol–water partition coefficient (Wildman–Crippen LogP) is 2.97. The van der Waals surface area contributed by atoms with Crippen LogP contribution in [0.2, 0.25) is 0 Å². The number of furan rings is 1. The molecule has 1 aromatic heterocycles. The summed E-state index contributed by atoms with van der Waals surface area (Å²) in [6, 6.07) is 2.76. The van der Waals surface area contributed by atoms with E-state index in [0.29, 0.717) is 21.5 Å². The normalized spacial score (nSPS) is 17.6. The fourth-order valence-electron chi connectivity index (χ4n) is 1.55. The third kappa shape index (κ3) is 2.97. The Kier molecular flexibility index (Phi) is 4.35. The van der Waals surface area contributed by atoms with Gasteiger partial charge >= 0.3 is 5.88 Å². The van der Waals surface area contributed by atoms with E-state index in [1.807, 2.05) is 6.92 Å². The summed E-state index contributed by atoms with van der Waals surface area (Å²) in [7, 11) is 0. The summed E-state index contributed by atoms with van der Waals surface area (Å²) in [6.07, 6.45) is 4.76. The number of rotatable bonds is 4. The molecule has 1 aliphatic rings. The zero-order valence-electron chi connectivity index (χ0n) is 10.4. The van der Waals surface area contributed by atoms with Crippen LogP contribution >= 0.6 is 24.0 Å². The van der Waals surface area contributed by atoms with Crippen molar-refractivity contribution in [2.45, 2.75) is 6.92 Å². The van der Waals surface area contributed by atoms with Gasteiger partial charge in [0, 0.05) is 6.54 Å². The second kappa shape index (κ2) is 6.02. The summed E-state index contributed by atoms with van der Waals surface area (Å²) >= 11 is 6.31. The topological polar surface area (TPSA) is 76.6 Å². The number of likely N-dealkylation sites (N-methyl/N-ethyl adjacent to an activating group) is 1. The van der Waals surface area contributed by atoms with Gasteiger partial charge in [-0.25, -0.2) is 0 Å².